The molecule has 186 valence electrons. The summed E-state index contributed by atoms with van der Waals surface area (Å²) in [4.78, 5) is 27.4. The van der Waals surface area contributed by atoms with Crippen LogP contribution in [-0.2, 0) is 9.59 Å². The van der Waals surface area contributed by atoms with E-state index < -0.39 is 23.9 Å². The van der Waals surface area contributed by atoms with Gasteiger partial charge in [-0.15, -0.1) is 0 Å². The SMILES string of the molecule is CCC/C(=C\c1ccccc1O)CC[C@@H](O)C1=C(CC)C[C@H]2C(=O)N(CCC)C(=O)[C@H]2[C@H]1CO. The molecule has 1 saturated heterocycles. The van der Waals surface area contributed by atoms with Crippen molar-refractivity contribution in [3.05, 3.63) is 46.5 Å². The second kappa shape index (κ2) is 11.8. The van der Waals surface area contributed by atoms with Gasteiger partial charge in [0.25, 0.3) is 0 Å². The van der Waals surface area contributed by atoms with Gasteiger partial charge in [0, 0.05) is 18.0 Å². The van der Waals surface area contributed by atoms with E-state index in [4.69, 9.17) is 0 Å². The molecule has 6 heteroatoms. The number of aliphatic hydroxyl groups is 2. The Morgan fingerprint density at radius 1 is 1.12 bits per heavy atom. The smallest absolute Gasteiger partial charge is 0.233 e. The van der Waals surface area contributed by atoms with Crippen LogP contribution in [0.3, 0.4) is 0 Å². The van der Waals surface area contributed by atoms with Crippen LogP contribution in [0.5, 0.6) is 5.75 Å². The molecule has 1 aromatic carbocycles. The van der Waals surface area contributed by atoms with Gasteiger partial charge in [0.15, 0.2) is 0 Å². The zero-order valence-corrected chi connectivity index (χ0v) is 20.7. The number of likely N-dealkylation sites (tertiary alicyclic amines) is 1. The summed E-state index contributed by atoms with van der Waals surface area (Å²) in [7, 11) is 0. The number of fused-ring (bicyclic) bond motifs is 1. The number of phenolic OH excluding ortho intramolecular Hbond substituents is 1. The lowest BCUT2D eigenvalue weighted by atomic mass is 9.67. The number of phenols is 1. The van der Waals surface area contributed by atoms with E-state index in [2.05, 4.69) is 6.92 Å². The normalized spacial score (nSPS) is 24.1. The number of carbonyl (C=O) groups excluding carboxylic acids is 2. The molecule has 3 rings (SSSR count). The van der Waals surface area contributed by atoms with Gasteiger partial charge in [0.2, 0.25) is 11.8 Å². The highest BCUT2D eigenvalue weighted by molar-refractivity contribution is 6.05. The average Bonchev–Trinajstić information content (AvgIpc) is 3.07. The van der Waals surface area contributed by atoms with Crippen LogP contribution in [0.15, 0.2) is 41.0 Å². The first kappa shape index (κ1) is 26.2. The summed E-state index contributed by atoms with van der Waals surface area (Å²) in [6.45, 7) is 6.18. The van der Waals surface area contributed by atoms with Crippen LogP contribution in [0.1, 0.15) is 71.3 Å². The molecule has 1 aliphatic carbocycles. The van der Waals surface area contributed by atoms with E-state index in [0.717, 1.165) is 35.1 Å². The molecule has 6 nitrogen and oxygen atoms in total. The van der Waals surface area contributed by atoms with E-state index in [1.807, 2.05) is 32.1 Å². The summed E-state index contributed by atoms with van der Waals surface area (Å²) in [5.41, 5.74) is 3.64. The van der Waals surface area contributed by atoms with Crippen LogP contribution in [0.2, 0.25) is 0 Å². The monoisotopic (exact) mass is 469 g/mol. The van der Waals surface area contributed by atoms with Crippen molar-refractivity contribution < 1.29 is 24.9 Å². The second-order valence-electron chi connectivity index (χ2n) is 9.53. The highest BCUT2D eigenvalue weighted by Crippen LogP contribution is 2.47. The Morgan fingerprint density at radius 3 is 2.47 bits per heavy atom. The molecule has 1 aliphatic heterocycles. The number of para-hydroxylation sites is 1. The van der Waals surface area contributed by atoms with Crippen LogP contribution < -0.4 is 0 Å². The number of allylic oxidation sites excluding steroid dienone is 2. The van der Waals surface area contributed by atoms with Crippen molar-refractivity contribution in [1.29, 1.82) is 0 Å². The third-order valence-corrected chi connectivity index (χ3v) is 7.31. The van der Waals surface area contributed by atoms with E-state index in [1.54, 1.807) is 12.1 Å². The molecule has 34 heavy (non-hydrogen) atoms. The molecule has 2 amide bonds. The molecule has 0 aromatic heterocycles. The van der Waals surface area contributed by atoms with Gasteiger partial charge in [0.05, 0.1) is 24.5 Å². The van der Waals surface area contributed by atoms with Crippen LogP contribution in [0, 0.1) is 17.8 Å². The fourth-order valence-corrected chi connectivity index (χ4v) is 5.70. The summed E-state index contributed by atoms with van der Waals surface area (Å²) < 4.78 is 0. The predicted molar refractivity (Wildman–Crippen MR) is 133 cm³/mol. The van der Waals surface area contributed by atoms with Gasteiger partial charge < -0.3 is 15.3 Å². The molecule has 4 atom stereocenters. The Balaban J connectivity index is 1.84. The van der Waals surface area contributed by atoms with Crippen LogP contribution in [0.25, 0.3) is 6.08 Å². The summed E-state index contributed by atoms with van der Waals surface area (Å²) in [6, 6.07) is 7.20. The third kappa shape index (κ3) is 5.28. The number of hydrogen-bond donors (Lipinski definition) is 3. The van der Waals surface area contributed by atoms with Gasteiger partial charge >= 0.3 is 0 Å². The number of carbonyl (C=O) groups is 2. The molecule has 0 bridgehead atoms. The maximum absolute atomic E-state index is 13.1. The Hall–Kier alpha value is -2.44. The first-order valence-electron chi connectivity index (χ1n) is 12.7. The largest absolute Gasteiger partial charge is 0.507 e. The number of nitrogens with zero attached hydrogens (tertiary/aromatic N) is 1. The van der Waals surface area contributed by atoms with Gasteiger partial charge in [-0.05, 0) is 50.2 Å². The Bertz CT molecular complexity index is 950. The minimum Gasteiger partial charge on any atom is -0.507 e. The van der Waals surface area contributed by atoms with E-state index in [9.17, 15) is 24.9 Å². The first-order chi connectivity index (χ1) is 16.4. The van der Waals surface area contributed by atoms with Crippen molar-refractivity contribution in [2.45, 2.75) is 71.8 Å². The molecule has 0 saturated carbocycles. The minimum absolute atomic E-state index is 0.134. The zero-order chi connectivity index (χ0) is 24.8. The van der Waals surface area contributed by atoms with Crippen molar-refractivity contribution in [2.24, 2.45) is 17.8 Å². The number of benzene rings is 1. The highest BCUT2D eigenvalue weighted by atomic mass is 16.3. The zero-order valence-electron chi connectivity index (χ0n) is 20.7. The molecule has 0 radical (unpaired) electrons. The fourth-order valence-electron chi connectivity index (χ4n) is 5.70. The van der Waals surface area contributed by atoms with Crippen molar-refractivity contribution in [1.82, 2.24) is 4.90 Å². The molecule has 2 aliphatic rings. The lowest BCUT2D eigenvalue weighted by Crippen LogP contribution is -2.39. The molecule has 3 N–H and O–H groups in total. The summed E-state index contributed by atoms with van der Waals surface area (Å²) in [6.07, 6.45) is 5.97. The Kier molecular flexibility index (Phi) is 9.09. The topological polar surface area (TPSA) is 98.1 Å². The fraction of sp³-hybridized carbons (Fsp3) is 0.571. The van der Waals surface area contributed by atoms with E-state index >= 15 is 0 Å². The molecule has 0 spiro atoms. The minimum atomic E-state index is -0.791. The second-order valence-corrected chi connectivity index (χ2v) is 9.53. The Labute approximate surface area is 203 Å². The van der Waals surface area contributed by atoms with Crippen LogP contribution in [-0.4, -0.2) is 51.3 Å². The number of hydrogen-bond acceptors (Lipinski definition) is 5. The first-order valence-corrected chi connectivity index (χ1v) is 12.7. The standard InChI is InChI=1S/C28H39NO5/c1-4-9-18(15-20-10-7-8-11-23(20)31)12-13-24(32)25-19(6-3)16-21-26(22(25)17-30)28(34)29(14-5-2)27(21)33/h7-8,10-11,15,21-22,24,26,30-32H,4-6,9,12-14,16-17H2,1-3H3/b18-15+/t21-,22+,24-,26-/m1/s1. The van der Waals surface area contributed by atoms with E-state index in [1.165, 1.54) is 4.90 Å². The maximum atomic E-state index is 13.1. The molecule has 1 heterocycles. The van der Waals surface area contributed by atoms with Crippen molar-refractivity contribution in [3.8, 4) is 5.75 Å². The number of aromatic hydroxyl groups is 1. The van der Waals surface area contributed by atoms with Crippen molar-refractivity contribution in [3.63, 3.8) is 0 Å². The molecule has 1 aromatic rings. The summed E-state index contributed by atoms with van der Waals surface area (Å²) in [5, 5.41) is 31.8. The predicted octanol–water partition coefficient (Wildman–Crippen LogP) is 4.45. The third-order valence-electron chi connectivity index (χ3n) is 7.31. The number of rotatable bonds is 11. The lowest BCUT2D eigenvalue weighted by molar-refractivity contribution is -0.140. The van der Waals surface area contributed by atoms with Crippen molar-refractivity contribution >= 4 is 17.9 Å². The number of aliphatic hydroxyl groups excluding tert-OH is 2. The molecule has 1 fully saturated rings. The summed E-state index contributed by atoms with van der Waals surface area (Å²) >= 11 is 0. The van der Waals surface area contributed by atoms with Gasteiger partial charge in [-0.3, -0.25) is 14.5 Å². The van der Waals surface area contributed by atoms with Crippen LogP contribution in [0.4, 0.5) is 0 Å². The lowest BCUT2D eigenvalue weighted by Gasteiger charge is -2.36. The van der Waals surface area contributed by atoms with E-state index in [0.29, 0.717) is 38.6 Å². The highest BCUT2D eigenvalue weighted by Gasteiger charge is 2.54. The maximum Gasteiger partial charge on any atom is 0.233 e. The van der Waals surface area contributed by atoms with Crippen LogP contribution >= 0.6 is 0 Å². The van der Waals surface area contributed by atoms with E-state index in [-0.39, 0.29) is 24.2 Å². The number of amides is 2. The molecular formula is C28H39NO5. The van der Waals surface area contributed by atoms with Gasteiger partial charge in [-0.2, -0.15) is 0 Å². The van der Waals surface area contributed by atoms with Gasteiger partial charge in [0.1, 0.15) is 5.75 Å². The molecule has 0 unspecified atom stereocenters. The van der Waals surface area contributed by atoms with Crippen molar-refractivity contribution in [2.75, 3.05) is 13.2 Å². The Morgan fingerprint density at radius 2 is 1.85 bits per heavy atom. The summed E-state index contributed by atoms with van der Waals surface area (Å²) in [5.74, 6) is -1.66. The van der Waals surface area contributed by atoms with Gasteiger partial charge in [-0.25, -0.2) is 0 Å². The molecular weight excluding hydrogens is 430 g/mol. The quantitative estimate of drug-likeness (QED) is 0.329. The number of imide groups is 1. The average molecular weight is 470 g/mol. The van der Waals surface area contributed by atoms with Gasteiger partial charge in [-0.1, -0.05) is 62.6 Å².